The zero-order chi connectivity index (χ0) is 28.2. The predicted molar refractivity (Wildman–Crippen MR) is 149 cm³/mol. The lowest BCUT2D eigenvalue weighted by Gasteiger charge is -2.25. The Morgan fingerprint density at radius 3 is 2.59 bits per heavy atom. The largest absolute Gasteiger partial charge is 0.465 e. The van der Waals surface area contributed by atoms with Crippen molar-refractivity contribution >= 4 is 23.5 Å². The van der Waals surface area contributed by atoms with Gasteiger partial charge in [0.15, 0.2) is 0 Å². The third kappa shape index (κ3) is 7.13. The molecular weight excluding hydrogens is 498 g/mol. The van der Waals surface area contributed by atoms with E-state index in [9.17, 15) is 19.8 Å². The Morgan fingerprint density at radius 1 is 1.10 bits per heavy atom. The minimum absolute atomic E-state index is 0.00404. The maximum absolute atomic E-state index is 13.1. The first-order chi connectivity index (χ1) is 18.5. The molecule has 0 fully saturated rings. The van der Waals surface area contributed by atoms with Crippen LogP contribution in [-0.2, 0) is 23.1 Å². The number of nitrogens with zero attached hydrogens (tertiary/aromatic N) is 2. The van der Waals surface area contributed by atoms with E-state index in [0.29, 0.717) is 17.9 Å². The van der Waals surface area contributed by atoms with E-state index in [0.717, 1.165) is 34.6 Å². The van der Waals surface area contributed by atoms with Crippen LogP contribution in [0.3, 0.4) is 0 Å². The molecule has 39 heavy (non-hydrogen) atoms. The highest BCUT2D eigenvalue weighted by molar-refractivity contribution is 5.93. The van der Waals surface area contributed by atoms with Crippen molar-refractivity contribution in [1.29, 1.82) is 0 Å². The van der Waals surface area contributed by atoms with Crippen molar-refractivity contribution in [1.82, 2.24) is 4.98 Å². The van der Waals surface area contributed by atoms with Crippen molar-refractivity contribution in [3.05, 3.63) is 77.5 Å². The number of hydrogen-bond donors (Lipinski definition) is 4. The molecule has 3 aromatic rings. The number of nitrogens with one attached hydrogen (secondary N) is 1. The summed E-state index contributed by atoms with van der Waals surface area (Å²) in [7, 11) is 0. The number of aromatic nitrogens is 1. The Kier molecular flexibility index (Phi) is 8.52. The summed E-state index contributed by atoms with van der Waals surface area (Å²) in [6.45, 7) is 5.52. The van der Waals surface area contributed by atoms with Gasteiger partial charge in [0.2, 0.25) is 5.91 Å². The van der Waals surface area contributed by atoms with Gasteiger partial charge in [0.25, 0.3) is 0 Å². The SMILES string of the molecule is CC(C)(C)c1cccc(NC(=O)C2CCc3ccc(Oc4ccnc(N(C[C@H](O)CO)C(=O)O)c4)cc3C2)c1. The number of aryl methyl sites for hydroxylation is 1. The number of ether oxygens (including phenoxy) is 1. The lowest BCUT2D eigenvalue weighted by atomic mass is 9.83. The number of fused-ring (bicyclic) bond motifs is 1. The van der Waals surface area contributed by atoms with Crippen LogP contribution in [0, 0.1) is 5.92 Å². The Balaban J connectivity index is 1.46. The van der Waals surface area contributed by atoms with E-state index >= 15 is 0 Å². The smallest absolute Gasteiger partial charge is 0.413 e. The molecule has 4 rings (SSSR count). The second-order valence-corrected chi connectivity index (χ2v) is 10.9. The fourth-order valence-corrected chi connectivity index (χ4v) is 4.61. The third-order valence-corrected chi connectivity index (χ3v) is 6.84. The van der Waals surface area contributed by atoms with Crippen molar-refractivity contribution in [3.63, 3.8) is 0 Å². The molecule has 0 saturated carbocycles. The second kappa shape index (κ2) is 11.8. The first kappa shape index (κ1) is 28.1. The van der Waals surface area contributed by atoms with Crippen molar-refractivity contribution in [2.75, 3.05) is 23.4 Å². The maximum atomic E-state index is 13.1. The summed E-state index contributed by atoms with van der Waals surface area (Å²) in [5, 5.41) is 31.4. The maximum Gasteiger partial charge on any atom is 0.413 e. The first-order valence-corrected chi connectivity index (χ1v) is 13.0. The number of carbonyl (C=O) groups is 2. The topological polar surface area (TPSA) is 132 Å². The standard InChI is InChI=1S/C30H35N3O6/c1-30(2,3)22-5-4-6-23(15-22)32-28(36)20-8-7-19-9-10-25(14-21(19)13-20)39-26-11-12-31-27(16-26)33(29(37)38)17-24(35)18-34/h4-6,9-12,14-16,20,24,34-35H,7-8,13,17-18H2,1-3H3,(H,32,36)(H,37,38)/t20?,24-/m0/s1. The fraction of sp³-hybridized carbons (Fsp3) is 0.367. The number of carbonyl (C=O) groups excluding carboxylic acids is 1. The van der Waals surface area contributed by atoms with Gasteiger partial charge in [0.05, 0.1) is 19.3 Å². The molecule has 0 radical (unpaired) electrons. The van der Waals surface area contributed by atoms with Crippen LogP contribution in [0.1, 0.15) is 43.9 Å². The molecule has 0 spiro atoms. The average molecular weight is 534 g/mol. The van der Waals surface area contributed by atoms with Gasteiger partial charge < -0.3 is 25.4 Å². The number of amides is 2. The van der Waals surface area contributed by atoms with E-state index in [1.807, 2.05) is 36.4 Å². The molecule has 1 unspecified atom stereocenters. The molecule has 0 saturated heterocycles. The average Bonchev–Trinajstić information content (AvgIpc) is 2.90. The van der Waals surface area contributed by atoms with Crippen LogP contribution in [0.25, 0.3) is 0 Å². The summed E-state index contributed by atoms with van der Waals surface area (Å²) in [6, 6.07) is 16.8. The molecule has 1 aliphatic rings. The molecule has 2 atom stereocenters. The van der Waals surface area contributed by atoms with Gasteiger partial charge in [-0.2, -0.15) is 0 Å². The molecule has 2 amide bonds. The van der Waals surface area contributed by atoms with Gasteiger partial charge in [-0.3, -0.25) is 9.69 Å². The number of rotatable bonds is 8. The molecular formula is C30H35N3O6. The summed E-state index contributed by atoms with van der Waals surface area (Å²) in [5.41, 5.74) is 4.15. The normalized spacial score (nSPS) is 15.7. The monoisotopic (exact) mass is 533 g/mol. The zero-order valence-corrected chi connectivity index (χ0v) is 22.4. The summed E-state index contributed by atoms with van der Waals surface area (Å²) in [4.78, 5) is 29.7. The summed E-state index contributed by atoms with van der Waals surface area (Å²) < 4.78 is 6.01. The molecule has 1 aliphatic carbocycles. The Labute approximate surface area is 228 Å². The lowest BCUT2D eigenvalue weighted by Crippen LogP contribution is -2.38. The van der Waals surface area contributed by atoms with Gasteiger partial charge in [-0.05, 0) is 71.7 Å². The predicted octanol–water partition coefficient (Wildman–Crippen LogP) is 4.75. The minimum Gasteiger partial charge on any atom is -0.465 e. The molecule has 4 N–H and O–H groups in total. The number of benzene rings is 2. The van der Waals surface area contributed by atoms with E-state index in [1.54, 1.807) is 6.07 Å². The Morgan fingerprint density at radius 2 is 1.87 bits per heavy atom. The van der Waals surface area contributed by atoms with Gasteiger partial charge in [-0.1, -0.05) is 39.0 Å². The van der Waals surface area contributed by atoms with Crippen LogP contribution in [0.15, 0.2) is 60.8 Å². The number of aliphatic hydroxyl groups is 2. The highest BCUT2D eigenvalue weighted by Crippen LogP contribution is 2.32. The second-order valence-electron chi connectivity index (χ2n) is 10.9. The van der Waals surface area contributed by atoms with Crippen LogP contribution in [0.4, 0.5) is 16.3 Å². The van der Waals surface area contributed by atoms with Gasteiger partial charge in [-0.15, -0.1) is 0 Å². The van der Waals surface area contributed by atoms with E-state index in [2.05, 4.69) is 37.1 Å². The molecule has 2 aromatic carbocycles. The van der Waals surface area contributed by atoms with Gasteiger partial charge in [-0.25, -0.2) is 9.78 Å². The molecule has 9 nitrogen and oxygen atoms in total. The fourth-order valence-electron chi connectivity index (χ4n) is 4.61. The van der Waals surface area contributed by atoms with Crippen LogP contribution >= 0.6 is 0 Å². The van der Waals surface area contributed by atoms with E-state index in [4.69, 9.17) is 9.84 Å². The highest BCUT2D eigenvalue weighted by Gasteiger charge is 2.26. The Hall–Kier alpha value is -3.95. The number of carboxylic acid groups (broad SMARTS) is 1. The van der Waals surface area contributed by atoms with Crippen LogP contribution in [0.2, 0.25) is 0 Å². The van der Waals surface area contributed by atoms with Crippen molar-refractivity contribution < 1.29 is 29.6 Å². The quantitative estimate of drug-likeness (QED) is 0.328. The number of aliphatic hydroxyl groups excluding tert-OH is 2. The lowest BCUT2D eigenvalue weighted by molar-refractivity contribution is -0.120. The first-order valence-electron chi connectivity index (χ1n) is 13.0. The number of anilines is 2. The molecule has 206 valence electrons. The Bertz CT molecular complexity index is 1340. The van der Waals surface area contributed by atoms with Gasteiger partial charge >= 0.3 is 6.09 Å². The highest BCUT2D eigenvalue weighted by atomic mass is 16.5. The summed E-state index contributed by atoms with van der Waals surface area (Å²) >= 11 is 0. The van der Waals surface area contributed by atoms with E-state index in [1.165, 1.54) is 17.8 Å². The minimum atomic E-state index is -1.31. The molecule has 9 heteroatoms. The van der Waals surface area contributed by atoms with E-state index < -0.39 is 18.8 Å². The summed E-state index contributed by atoms with van der Waals surface area (Å²) in [6.07, 6.45) is 1.01. The zero-order valence-electron chi connectivity index (χ0n) is 22.4. The van der Waals surface area contributed by atoms with Gasteiger partial charge in [0.1, 0.15) is 17.3 Å². The van der Waals surface area contributed by atoms with Crippen molar-refractivity contribution in [2.45, 2.75) is 51.6 Å². The third-order valence-electron chi connectivity index (χ3n) is 6.84. The van der Waals surface area contributed by atoms with Crippen molar-refractivity contribution in [3.8, 4) is 11.5 Å². The van der Waals surface area contributed by atoms with E-state index in [-0.39, 0.29) is 29.6 Å². The number of pyridine rings is 1. The van der Waals surface area contributed by atoms with Crippen LogP contribution in [-0.4, -0.2) is 51.6 Å². The number of hydrogen-bond acceptors (Lipinski definition) is 6. The van der Waals surface area contributed by atoms with Crippen molar-refractivity contribution in [2.24, 2.45) is 5.92 Å². The molecule has 1 aromatic heterocycles. The molecule has 1 heterocycles. The van der Waals surface area contributed by atoms with Gasteiger partial charge in [0, 0.05) is 23.9 Å². The van der Waals surface area contributed by atoms with Crippen LogP contribution < -0.4 is 15.0 Å². The molecule has 0 bridgehead atoms. The summed E-state index contributed by atoms with van der Waals surface area (Å²) in [5.74, 6) is 0.824. The van der Waals surface area contributed by atoms with Crippen LogP contribution in [0.5, 0.6) is 11.5 Å². The molecule has 0 aliphatic heterocycles.